The fourth-order valence-electron chi connectivity index (χ4n) is 1.92. The van der Waals surface area contributed by atoms with Crippen molar-refractivity contribution >= 4 is 11.7 Å². The summed E-state index contributed by atoms with van der Waals surface area (Å²) in [5.41, 5.74) is 7.31. The van der Waals surface area contributed by atoms with Crippen LogP contribution in [-0.4, -0.2) is 46.9 Å². The highest BCUT2D eigenvalue weighted by atomic mass is 16.5. The van der Waals surface area contributed by atoms with E-state index < -0.39 is 5.97 Å². The molecular weight excluding hydrogens is 244 g/mol. The molecular formula is C13H24N4O2. The lowest BCUT2D eigenvalue weighted by atomic mass is 10.3. The van der Waals surface area contributed by atoms with E-state index >= 15 is 0 Å². The van der Waals surface area contributed by atoms with Gasteiger partial charge in [0.05, 0.1) is 11.4 Å². The first-order valence-corrected chi connectivity index (χ1v) is 6.77. The summed E-state index contributed by atoms with van der Waals surface area (Å²) >= 11 is 0. The Morgan fingerprint density at radius 1 is 1.37 bits per heavy atom. The third-order valence-electron chi connectivity index (χ3n) is 3.20. The summed E-state index contributed by atoms with van der Waals surface area (Å²) in [6, 6.07) is 0. The molecule has 0 unspecified atom stereocenters. The predicted octanol–water partition coefficient (Wildman–Crippen LogP) is 1.29. The van der Waals surface area contributed by atoms with Gasteiger partial charge >= 0.3 is 5.97 Å². The maximum absolute atomic E-state index is 12.0. The molecule has 0 aliphatic carbocycles. The van der Waals surface area contributed by atoms with E-state index in [1.807, 2.05) is 6.92 Å². The van der Waals surface area contributed by atoms with Gasteiger partial charge in [0.15, 0.2) is 5.69 Å². The number of nitrogen functional groups attached to an aromatic ring is 1. The second-order valence-corrected chi connectivity index (χ2v) is 4.33. The maximum Gasteiger partial charge on any atom is 0.358 e. The van der Waals surface area contributed by atoms with Crippen LogP contribution in [0, 0.1) is 6.92 Å². The Morgan fingerprint density at radius 3 is 2.53 bits per heavy atom. The van der Waals surface area contributed by atoms with E-state index in [0.29, 0.717) is 30.2 Å². The van der Waals surface area contributed by atoms with Gasteiger partial charge < -0.3 is 15.4 Å². The van der Waals surface area contributed by atoms with Crippen molar-refractivity contribution in [2.45, 2.75) is 34.2 Å². The van der Waals surface area contributed by atoms with E-state index in [2.05, 4.69) is 23.8 Å². The summed E-state index contributed by atoms with van der Waals surface area (Å²) in [5.74, 6) is -0.396. The van der Waals surface area contributed by atoms with Crippen LogP contribution in [0.3, 0.4) is 0 Å². The van der Waals surface area contributed by atoms with Crippen molar-refractivity contribution in [3.8, 4) is 0 Å². The molecule has 6 nitrogen and oxygen atoms in total. The zero-order valence-electron chi connectivity index (χ0n) is 12.3. The lowest BCUT2D eigenvalue weighted by molar-refractivity contribution is 0.0453. The number of anilines is 1. The largest absolute Gasteiger partial charge is 0.460 e. The number of hydrogen-bond acceptors (Lipinski definition) is 5. The summed E-state index contributed by atoms with van der Waals surface area (Å²) in [6.45, 7) is 11.5. The Labute approximate surface area is 114 Å². The molecule has 1 rings (SSSR count). The molecule has 0 fully saturated rings. The molecule has 0 radical (unpaired) electrons. The van der Waals surface area contributed by atoms with Gasteiger partial charge in [-0.05, 0) is 26.9 Å². The van der Waals surface area contributed by atoms with Crippen LogP contribution < -0.4 is 5.73 Å². The van der Waals surface area contributed by atoms with Crippen LogP contribution in [0.4, 0.5) is 5.69 Å². The minimum Gasteiger partial charge on any atom is -0.460 e. The predicted molar refractivity (Wildman–Crippen MR) is 75.1 cm³/mol. The molecule has 2 N–H and O–H groups in total. The molecule has 0 atom stereocenters. The van der Waals surface area contributed by atoms with Crippen LogP contribution in [0.5, 0.6) is 0 Å². The summed E-state index contributed by atoms with van der Waals surface area (Å²) in [6.07, 6.45) is 0. The number of aromatic nitrogens is 2. The highest BCUT2D eigenvalue weighted by Gasteiger charge is 2.20. The van der Waals surface area contributed by atoms with E-state index in [9.17, 15) is 4.79 Å². The average molecular weight is 268 g/mol. The Hall–Kier alpha value is -1.56. The smallest absolute Gasteiger partial charge is 0.358 e. The highest BCUT2D eigenvalue weighted by molar-refractivity contribution is 5.93. The van der Waals surface area contributed by atoms with Crippen molar-refractivity contribution < 1.29 is 9.53 Å². The third kappa shape index (κ3) is 3.70. The van der Waals surface area contributed by atoms with Crippen molar-refractivity contribution in [1.82, 2.24) is 14.7 Å². The number of ether oxygens (including phenoxy) is 1. The van der Waals surface area contributed by atoms with Gasteiger partial charge in [-0.3, -0.25) is 4.68 Å². The fraction of sp³-hybridized carbons (Fsp3) is 0.692. The molecule has 0 saturated carbocycles. The van der Waals surface area contributed by atoms with Crippen molar-refractivity contribution in [3.05, 3.63) is 11.4 Å². The van der Waals surface area contributed by atoms with Gasteiger partial charge in [-0.15, -0.1) is 0 Å². The van der Waals surface area contributed by atoms with Crippen molar-refractivity contribution in [2.24, 2.45) is 0 Å². The minimum absolute atomic E-state index is 0.361. The van der Waals surface area contributed by atoms with E-state index in [1.54, 1.807) is 11.6 Å². The van der Waals surface area contributed by atoms with Crippen LogP contribution in [0.25, 0.3) is 0 Å². The first-order valence-electron chi connectivity index (χ1n) is 6.77. The van der Waals surface area contributed by atoms with E-state index in [1.165, 1.54) is 0 Å². The quantitative estimate of drug-likeness (QED) is 0.754. The normalized spacial score (nSPS) is 11.0. The van der Waals surface area contributed by atoms with E-state index in [4.69, 9.17) is 10.5 Å². The second kappa shape index (κ2) is 7.13. The molecule has 0 amide bonds. The molecule has 1 heterocycles. The van der Waals surface area contributed by atoms with Gasteiger partial charge in [0, 0.05) is 13.1 Å². The molecule has 19 heavy (non-hydrogen) atoms. The van der Waals surface area contributed by atoms with Gasteiger partial charge in [0.1, 0.15) is 6.61 Å². The summed E-state index contributed by atoms with van der Waals surface area (Å²) in [7, 11) is 0. The van der Waals surface area contributed by atoms with Crippen molar-refractivity contribution in [1.29, 1.82) is 0 Å². The van der Waals surface area contributed by atoms with E-state index in [0.717, 1.165) is 19.6 Å². The topological polar surface area (TPSA) is 73.4 Å². The first kappa shape index (κ1) is 15.5. The zero-order valence-corrected chi connectivity index (χ0v) is 12.3. The molecule has 0 aliphatic heterocycles. The fourth-order valence-corrected chi connectivity index (χ4v) is 1.92. The standard InChI is InChI=1S/C13H24N4O2/c1-5-16(6-2)8-9-19-13(18)12-11(14)10(4)15-17(12)7-3/h5-9,14H2,1-4H3. The Balaban J connectivity index is 2.63. The number of nitrogens with zero attached hydrogens (tertiary/aromatic N) is 3. The van der Waals surface area contributed by atoms with Crippen LogP contribution >= 0.6 is 0 Å². The monoisotopic (exact) mass is 268 g/mol. The Kier molecular flexibility index (Phi) is 5.82. The third-order valence-corrected chi connectivity index (χ3v) is 3.20. The highest BCUT2D eigenvalue weighted by Crippen LogP contribution is 2.17. The maximum atomic E-state index is 12.0. The van der Waals surface area contributed by atoms with Crippen molar-refractivity contribution in [3.63, 3.8) is 0 Å². The van der Waals surface area contributed by atoms with Gasteiger partial charge in [-0.1, -0.05) is 13.8 Å². The van der Waals surface area contributed by atoms with Gasteiger partial charge in [-0.2, -0.15) is 5.10 Å². The number of nitrogens with two attached hydrogens (primary N) is 1. The van der Waals surface area contributed by atoms with Crippen LogP contribution in [-0.2, 0) is 11.3 Å². The summed E-state index contributed by atoms with van der Waals surface area (Å²) in [5, 5.41) is 4.21. The summed E-state index contributed by atoms with van der Waals surface area (Å²) in [4.78, 5) is 14.2. The molecule has 1 aromatic heterocycles. The molecule has 1 aromatic rings. The van der Waals surface area contributed by atoms with Crippen LogP contribution in [0.2, 0.25) is 0 Å². The molecule has 0 spiro atoms. The van der Waals surface area contributed by atoms with Gasteiger partial charge in [-0.25, -0.2) is 4.79 Å². The SMILES string of the molecule is CCN(CC)CCOC(=O)c1c(N)c(C)nn1CC. The molecule has 6 heteroatoms. The van der Waals surface area contributed by atoms with Crippen molar-refractivity contribution in [2.75, 3.05) is 32.0 Å². The molecule has 0 aromatic carbocycles. The number of aryl methyl sites for hydroxylation is 2. The average Bonchev–Trinajstić information content (AvgIpc) is 2.70. The lowest BCUT2D eigenvalue weighted by Gasteiger charge is -2.17. The van der Waals surface area contributed by atoms with Gasteiger partial charge in [0.2, 0.25) is 0 Å². The zero-order chi connectivity index (χ0) is 14.4. The molecule has 0 saturated heterocycles. The number of carbonyl (C=O) groups excluding carboxylic acids is 1. The number of rotatable bonds is 7. The molecule has 0 aliphatic rings. The number of likely N-dealkylation sites (N-methyl/N-ethyl adjacent to an activating group) is 1. The lowest BCUT2D eigenvalue weighted by Crippen LogP contribution is -2.28. The van der Waals surface area contributed by atoms with Crippen LogP contribution in [0.15, 0.2) is 0 Å². The molecule has 0 bridgehead atoms. The first-order chi connectivity index (χ1) is 9.04. The Bertz CT molecular complexity index is 425. The van der Waals surface area contributed by atoms with Crippen LogP contribution in [0.1, 0.15) is 37.0 Å². The minimum atomic E-state index is -0.396. The Morgan fingerprint density at radius 2 is 2.00 bits per heavy atom. The summed E-state index contributed by atoms with van der Waals surface area (Å²) < 4.78 is 6.87. The van der Waals surface area contributed by atoms with E-state index in [-0.39, 0.29) is 0 Å². The number of carbonyl (C=O) groups is 1. The molecule has 108 valence electrons. The second-order valence-electron chi connectivity index (χ2n) is 4.33. The number of esters is 1. The number of hydrogen-bond donors (Lipinski definition) is 1. The van der Waals surface area contributed by atoms with Gasteiger partial charge in [0.25, 0.3) is 0 Å².